The van der Waals surface area contributed by atoms with Crippen molar-refractivity contribution in [3.05, 3.63) is 93.3 Å². The van der Waals surface area contributed by atoms with Gasteiger partial charge in [-0.3, -0.25) is 0 Å². The minimum absolute atomic E-state index is 0. The normalized spacial score (nSPS) is 16.2. The number of benzene rings is 3. The smallest absolute Gasteiger partial charge is 0.127 e. The van der Waals surface area contributed by atoms with E-state index < -0.39 is 0 Å². The molecule has 1 heterocycles. The van der Waals surface area contributed by atoms with Crippen molar-refractivity contribution in [2.24, 2.45) is 0 Å². The van der Waals surface area contributed by atoms with Gasteiger partial charge in [0.05, 0.1) is 5.92 Å². The molecule has 0 amide bonds. The van der Waals surface area contributed by atoms with Crippen LogP contribution < -0.4 is 10.1 Å². The van der Waals surface area contributed by atoms with Gasteiger partial charge in [0.25, 0.3) is 0 Å². The van der Waals surface area contributed by atoms with Crippen LogP contribution in [-0.2, 0) is 6.54 Å². The Morgan fingerprint density at radius 2 is 1.52 bits per heavy atom. The van der Waals surface area contributed by atoms with E-state index in [9.17, 15) is 4.39 Å². The number of rotatable bonds is 5. The summed E-state index contributed by atoms with van der Waals surface area (Å²) in [6.45, 7) is 16.0. The Morgan fingerprint density at radius 1 is 0.909 bits per heavy atom. The summed E-state index contributed by atoms with van der Waals surface area (Å²) in [7, 11) is 0. The summed E-state index contributed by atoms with van der Waals surface area (Å²) in [4.78, 5) is 0. The van der Waals surface area contributed by atoms with E-state index in [1.807, 2.05) is 12.1 Å². The minimum atomic E-state index is -0.334. The first kappa shape index (κ1) is 25.1. The average Bonchev–Trinajstić information content (AvgIpc) is 3.05. The van der Waals surface area contributed by atoms with Crippen LogP contribution >= 0.6 is 12.4 Å². The van der Waals surface area contributed by atoms with Crippen molar-refractivity contribution in [1.82, 2.24) is 0 Å². The first-order valence-corrected chi connectivity index (χ1v) is 11.5. The maximum absolute atomic E-state index is 13.3. The van der Waals surface area contributed by atoms with Crippen LogP contribution in [0.3, 0.4) is 0 Å². The number of hydrogen-bond donors (Lipinski definition) is 1. The third-order valence-corrected chi connectivity index (χ3v) is 6.97. The molecule has 0 bridgehead atoms. The molecule has 3 aromatic carbocycles. The molecular weight excluding hydrogens is 433 g/mol. The summed E-state index contributed by atoms with van der Waals surface area (Å²) >= 11 is 0. The van der Waals surface area contributed by atoms with Crippen LogP contribution in [0.2, 0.25) is 0 Å². The fourth-order valence-electron chi connectivity index (χ4n) is 4.99. The van der Waals surface area contributed by atoms with Crippen molar-refractivity contribution in [1.29, 1.82) is 0 Å². The van der Waals surface area contributed by atoms with E-state index in [2.05, 4.69) is 78.0 Å². The molecule has 1 atom stereocenters. The standard InChI is InChI=1S/C29H34FNO.ClH/c1-17(2)22-10-12-23(13-11-22)26-25-20(5)27(31-16-21-8-14-24(30)15-9-21)18(3)19(4)28(25)32-29(26,6)7;/h8-15,17,26,31H,16H2,1-7H3;1H/t26-;/m1./s1. The third-order valence-electron chi connectivity index (χ3n) is 6.97. The predicted octanol–water partition coefficient (Wildman–Crippen LogP) is 8.21. The molecule has 1 aliphatic heterocycles. The first-order chi connectivity index (χ1) is 15.1. The van der Waals surface area contributed by atoms with E-state index in [0.717, 1.165) is 17.0 Å². The fraction of sp³-hybridized carbons (Fsp3) is 0.379. The highest BCUT2D eigenvalue weighted by molar-refractivity contribution is 5.85. The van der Waals surface area contributed by atoms with E-state index in [-0.39, 0.29) is 29.7 Å². The number of ether oxygens (including phenoxy) is 1. The largest absolute Gasteiger partial charge is 0.486 e. The Balaban J connectivity index is 0.00000306. The van der Waals surface area contributed by atoms with Gasteiger partial charge < -0.3 is 10.1 Å². The van der Waals surface area contributed by atoms with Gasteiger partial charge in [0, 0.05) is 17.8 Å². The van der Waals surface area contributed by atoms with Gasteiger partial charge in [-0.1, -0.05) is 50.2 Å². The second-order valence-electron chi connectivity index (χ2n) is 9.93. The van der Waals surface area contributed by atoms with Crippen molar-refractivity contribution in [3.8, 4) is 5.75 Å². The Bertz CT molecular complexity index is 1130. The molecular formula is C29H35ClFNO. The predicted molar refractivity (Wildman–Crippen MR) is 139 cm³/mol. The van der Waals surface area contributed by atoms with Crippen LogP contribution in [0.15, 0.2) is 48.5 Å². The van der Waals surface area contributed by atoms with Gasteiger partial charge in [0.15, 0.2) is 0 Å². The van der Waals surface area contributed by atoms with E-state index >= 15 is 0 Å². The highest BCUT2D eigenvalue weighted by atomic mass is 35.5. The lowest BCUT2D eigenvalue weighted by Crippen LogP contribution is -2.31. The topological polar surface area (TPSA) is 21.3 Å². The third kappa shape index (κ3) is 4.61. The van der Waals surface area contributed by atoms with Crippen LogP contribution in [0.1, 0.15) is 78.5 Å². The van der Waals surface area contributed by atoms with Crippen LogP contribution in [0.25, 0.3) is 0 Å². The van der Waals surface area contributed by atoms with E-state index in [0.29, 0.717) is 12.5 Å². The van der Waals surface area contributed by atoms with E-state index in [1.54, 1.807) is 0 Å². The molecule has 4 heteroatoms. The molecule has 2 nitrogen and oxygen atoms in total. The Morgan fingerprint density at radius 3 is 2.09 bits per heavy atom. The average molecular weight is 468 g/mol. The zero-order chi connectivity index (χ0) is 23.2. The molecule has 4 rings (SSSR count). The Labute approximate surface area is 204 Å². The van der Waals surface area contributed by atoms with Crippen LogP contribution in [0, 0.1) is 26.6 Å². The molecule has 0 radical (unpaired) electrons. The number of fused-ring (bicyclic) bond motifs is 1. The molecule has 0 spiro atoms. The summed E-state index contributed by atoms with van der Waals surface area (Å²) < 4.78 is 19.9. The monoisotopic (exact) mass is 467 g/mol. The summed E-state index contributed by atoms with van der Waals surface area (Å²) in [5, 5.41) is 3.63. The molecule has 0 unspecified atom stereocenters. The summed E-state index contributed by atoms with van der Waals surface area (Å²) in [5.74, 6) is 1.48. The van der Waals surface area contributed by atoms with Gasteiger partial charge in [-0.05, 0) is 86.1 Å². The molecule has 3 aromatic rings. The molecule has 1 N–H and O–H groups in total. The lowest BCUT2D eigenvalue weighted by atomic mass is 9.78. The van der Waals surface area contributed by atoms with Gasteiger partial charge in [-0.25, -0.2) is 4.39 Å². The van der Waals surface area contributed by atoms with Crippen molar-refractivity contribution in [2.45, 2.75) is 72.4 Å². The molecule has 0 aromatic heterocycles. The van der Waals surface area contributed by atoms with Gasteiger partial charge in [-0.15, -0.1) is 12.4 Å². The van der Waals surface area contributed by atoms with Crippen molar-refractivity contribution in [2.75, 3.05) is 5.32 Å². The quantitative estimate of drug-likeness (QED) is 0.408. The SMILES string of the molecule is Cc1c(C)c2c(c(C)c1NCc1ccc(F)cc1)[C@@H](c1ccc(C(C)C)cc1)C(C)(C)O2.Cl. The molecule has 0 aliphatic carbocycles. The molecule has 1 aliphatic rings. The zero-order valence-corrected chi connectivity index (χ0v) is 21.5. The zero-order valence-electron chi connectivity index (χ0n) is 20.7. The molecule has 33 heavy (non-hydrogen) atoms. The van der Waals surface area contributed by atoms with Crippen LogP contribution in [-0.4, -0.2) is 5.60 Å². The van der Waals surface area contributed by atoms with Gasteiger partial charge in [0.1, 0.15) is 17.2 Å². The second-order valence-corrected chi connectivity index (χ2v) is 9.93. The van der Waals surface area contributed by atoms with Gasteiger partial charge in [0.2, 0.25) is 0 Å². The number of anilines is 1. The van der Waals surface area contributed by atoms with Gasteiger partial charge in [-0.2, -0.15) is 0 Å². The molecule has 0 saturated heterocycles. The van der Waals surface area contributed by atoms with E-state index in [4.69, 9.17) is 4.74 Å². The molecule has 176 valence electrons. The summed E-state index contributed by atoms with van der Waals surface area (Å²) in [6, 6.07) is 15.7. The maximum Gasteiger partial charge on any atom is 0.127 e. The summed E-state index contributed by atoms with van der Waals surface area (Å²) in [5.41, 5.74) is 9.40. The highest BCUT2D eigenvalue weighted by Crippen LogP contribution is 2.53. The van der Waals surface area contributed by atoms with Crippen molar-refractivity contribution < 1.29 is 9.13 Å². The lowest BCUT2D eigenvalue weighted by Gasteiger charge is -2.27. The van der Waals surface area contributed by atoms with Crippen LogP contribution in [0.5, 0.6) is 5.75 Å². The fourth-order valence-corrected chi connectivity index (χ4v) is 4.99. The number of halogens is 2. The summed E-state index contributed by atoms with van der Waals surface area (Å²) in [6.07, 6.45) is 0. The lowest BCUT2D eigenvalue weighted by molar-refractivity contribution is 0.121. The van der Waals surface area contributed by atoms with Crippen LogP contribution in [0.4, 0.5) is 10.1 Å². The highest BCUT2D eigenvalue weighted by Gasteiger charge is 2.44. The minimum Gasteiger partial charge on any atom is -0.486 e. The Kier molecular flexibility index (Phi) is 7.14. The maximum atomic E-state index is 13.3. The second kappa shape index (κ2) is 9.38. The molecule has 0 saturated carbocycles. The number of nitrogens with one attached hydrogen (secondary N) is 1. The van der Waals surface area contributed by atoms with E-state index in [1.165, 1.54) is 45.5 Å². The first-order valence-electron chi connectivity index (χ1n) is 11.5. The van der Waals surface area contributed by atoms with Gasteiger partial charge >= 0.3 is 0 Å². The van der Waals surface area contributed by atoms with Crippen molar-refractivity contribution >= 4 is 18.1 Å². The van der Waals surface area contributed by atoms with Crippen molar-refractivity contribution in [3.63, 3.8) is 0 Å². The number of hydrogen-bond acceptors (Lipinski definition) is 2. The molecule has 0 fully saturated rings. The Hall–Kier alpha value is -2.52.